The average molecular weight is 404 g/mol. The van der Waals surface area contributed by atoms with E-state index in [9.17, 15) is 13.2 Å². The highest BCUT2D eigenvalue weighted by Crippen LogP contribution is 2.26. The smallest absolute Gasteiger partial charge is 0.264 e. The normalized spacial score (nSPS) is 11.2. The van der Waals surface area contributed by atoms with Crippen molar-refractivity contribution in [2.75, 3.05) is 10.8 Å². The molecule has 0 saturated heterocycles. The molecule has 22 heavy (non-hydrogen) atoms. The fourth-order valence-corrected chi connectivity index (χ4v) is 3.69. The lowest BCUT2D eigenvalue weighted by Crippen LogP contribution is -2.38. The summed E-state index contributed by atoms with van der Waals surface area (Å²) in [5.74, 6) is -0.763. The van der Waals surface area contributed by atoms with Crippen LogP contribution in [-0.4, -0.2) is 20.9 Å². The molecule has 0 spiro atoms. The van der Waals surface area contributed by atoms with Crippen molar-refractivity contribution < 1.29 is 13.2 Å². The van der Waals surface area contributed by atoms with Gasteiger partial charge in [-0.15, -0.1) is 0 Å². The Labute approximate surface area is 141 Å². The topological polar surface area (TPSA) is 80.5 Å². The maximum atomic E-state index is 12.8. The lowest BCUT2D eigenvalue weighted by atomic mass is 10.3. The zero-order valence-electron chi connectivity index (χ0n) is 11.2. The number of carbonyl (C=O) groups is 1. The van der Waals surface area contributed by atoms with Gasteiger partial charge in [0.15, 0.2) is 0 Å². The number of benzene rings is 2. The van der Waals surface area contributed by atoms with Gasteiger partial charge in [-0.1, -0.05) is 33.6 Å². The molecule has 116 valence electrons. The van der Waals surface area contributed by atoms with E-state index >= 15 is 0 Å². The van der Waals surface area contributed by atoms with Crippen molar-refractivity contribution in [3.8, 4) is 0 Å². The van der Waals surface area contributed by atoms with E-state index in [-0.39, 0.29) is 10.6 Å². The summed E-state index contributed by atoms with van der Waals surface area (Å²) >= 11 is 9.14. The number of primary amides is 1. The molecule has 0 bridgehead atoms. The summed E-state index contributed by atoms with van der Waals surface area (Å²) in [4.78, 5) is 11.3. The number of sulfonamides is 1. The highest BCUT2D eigenvalue weighted by molar-refractivity contribution is 9.10. The molecule has 0 unspecified atom stereocenters. The molecule has 0 aliphatic rings. The van der Waals surface area contributed by atoms with Gasteiger partial charge in [-0.05, 0) is 42.5 Å². The van der Waals surface area contributed by atoms with Crippen LogP contribution in [0.2, 0.25) is 5.02 Å². The Kier molecular flexibility index (Phi) is 5.10. The Morgan fingerprint density at radius 1 is 1.18 bits per heavy atom. The number of rotatable bonds is 5. The maximum Gasteiger partial charge on any atom is 0.264 e. The standard InChI is InChI=1S/C14H12BrClN2O3S/c15-10-4-6-13(7-5-10)22(20,21)18(9-14(17)19)12-3-1-2-11(16)8-12/h1-8H,9H2,(H2,17,19). The van der Waals surface area contributed by atoms with Gasteiger partial charge in [-0.3, -0.25) is 9.10 Å². The minimum Gasteiger partial charge on any atom is -0.368 e. The van der Waals surface area contributed by atoms with Crippen molar-refractivity contribution in [3.05, 3.63) is 58.0 Å². The Balaban J connectivity index is 2.53. The van der Waals surface area contributed by atoms with E-state index in [1.54, 1.807) is 30.3 Å². The van der Waals surface area contributed by atoms with Gasteiger partial charge in [0.2, 0.25) is 5.91 Å². The van der Waals surface area contributed by atoms with E-state index in [0.717, 1.165) is 8.78 Å². The highest BCUT2D eigenvalue weighted by Gasteiger charge is 2.26. The van der Waals surface area contributed by atoms with Crippen molar-refractivity contribution in [3.63, 3.8) is 0 Å². The second-order valence-electron chi connectivity index (χ2n) is 4.41. The third kappa shape index (κ3) is 3.79. The van der Waals surface area contributed by atoms with Crippen molar-refractivity contribution in [2.45, 2.75) is 4.90 Å². The molecule has 5 nitrogen and oxygen atoms in total. The largest absolute Gasteiger partial charge is 0.368 e. The molecule has 2 rings (SSSR count). The van der Waals surface area contributed by atoms with Crippen molar-refractivity contribution in [2.24, 2.45) is 5.73 Å². The number of nitrogens with two attached hydrogens (primary N) is 1. The third-order valence-electron chi connectivity index (χ3n) is 2.80. The summed E-state index contributed by atoms with van der Waals surface area (Å²) < 4.78 is 27.2. The number of hydrogen-bond donors (Lipinski definition) is 1. The lowest BCUT2D eigenvalue weighted by Gasteiger charge is -2.23. The van der Waals surface area contributed by atoms with Crippen LogP contribution >= 0.6 is 27.5 Å². The molecule has 0 aromatic heterocycles. The first-order chi connectivity index (χ1) is 10.3. The summed E-state index contributed by atoms with van der Waals surface area (Å²) in [6.07, 6.45) is 0. The van der Waals surface area contributed by atoms with E-state index in [1.807, 2.05) is 0 Å². The summed E-state index contributed by atoms with van der Waals surface area (Å²) in [7, 11) is -3.93. The van der Waals surface area contributed by atoms with E-state index in [0.29, 0.717) is 5.02 Å². The lowest BCUT2D eigenvalue weighted by molar-refractivity contribution is -0.116. The summed E-state index contributed by atoms with van der Waals surface area (Å²) in [5, 5.41) is 0.359. The Hall–Kier alpha value is -1.57. The molecular weight excluding hydrogens is 392 g/mol. The van der Waals surface area contributed by atoms with Crippen LogP contribution in [-0.2, 0) is 14.8 Å². The van der Waals surface area contributed by atoms with Crippen LogP contribution in [0.25, 0.3) is 0 Å². The first-order valence-corrected chi connectivity index (χ1v) is 8.74. The second-order valence-corrected chi connectivity index (χ2v) is 7.63. The third-order valence-corrected chi connectivity index (χ3v) is 5.35. The molecule has 0 saturated carbocycles. The van der Waals surface area contributed by atoms with E-state index in [2.05, 4.69) is 15.9 Å². The second kappa shape index (κ2) is 6.68. The van der Waals surface area contributed by atoms with E-state index in [4.69, 9.17) is 17.3 Å². The van der Waals surface area contributed by atoms with E-state index < -0.39 is 22.5 Å². The molecule has 0 radical (unpaired) electrons. The summed E-state index contributed by atoms with van der Waals surface area (Å²) in [5.41, 5.74) is 5.45. The van der Waals surface area contributed by atoms with Gasteiger partial charge >= 0.3 is 0 Å². The quantitative estimate of drug-likeness (QED) is 0.833. The maximum absolute atomic E-state index is 12.8. The molecule has 0 heterocycles. The van der Waals surface area contributed by atoms with Crippen molar-refractivity contribution in [1.29, 1.82) is 0 Å². The van der Waals surface area contributed by atoms with Crippen LogP contribution in [0.3, 0.4) is 0 Å². The Bertz CT molecular complexity index is 794. The van der Waals surface area contributed by atoms with Gasteiger partial charge in [0.05, 0.1) is 10.6 Å². The number of anilines is 1. The van der Waals surface area contributed by atoms with Gasteiger partial charge in [0.1, 0.15) is 6.54 Å². The fraction of sp³-hybridized carbons (Fsp3) is 0.0714. The minimum atomic E-state index is -3.93. The van der Waals surface area contributed by atoms with Gasteiger partial charge in [-0.25, -0.2) is 8.42 Å². The highest BCUT2D eigenvalue weighted by atomic mass is 79.9. The number of hydrogen-bond acceptors (Lipinski definition) is 3. The molecule has 0 aliphatic carbocycles. The number of halogens is 2. The molecule has 0 atom stereocenters. The first-order valence-electron chi connectivity index (χ1n) is 6.13. The molecule has 2 aromatic carbocycles. The molecule has 0 aliphatic heterocycles. The van der Waals surface area contributed by atoms with Crippen LogP contribution in [0.1, 0.15) is 0 Å². The number of nitrogens with zero attached hydrogens (tertiary/aromatic N) is 1. The molecule has 2 N–H and O–H groups in total. The summed E-state index contributed by atoms with van der Waals surface area (Å²) in [6.45, 7) is -0.473. The molecule has 0 fully saturated rings. The van der Waals surface area contributed by atoms with Gasteiger partial charge in [0, 0.05) is 9.50 Å². The number of amides is 1. The Morgan fingerprint density at radius 2 is 1.82 bits per heavy atom. The van der Waals surface area contributed by atoms with Gasteiger partial charge in [-0.2, -0.15) is 0 Å². The predicted molar refractivity (Wildman–Crippen MR) is 89.3 cm³/mol. The minimum absolute atomic E-state index is 0.0527. The van der Waals surface area contributed by atoms with Crippen molar-refractivity contribution >= 4 is 49.1 Å². The number of carbonyl (C=O) groups excluding carboxylic acids is 1. The van der Waals surface area contributed by atoms with Crippen LogP contribution in [0, 0.1) is 0 Å². The molecule has 8 heteroatoms. The Morgan fingerprint density at radius 3 is 2.36 bits per heavy atom. The molecular formula is C14H12BrClN2O3S. The van der Waals surface area contributed by atoms with Crippen LogP contribution in [0.5, 0.6) is 0 Å². The van der Waals surface area contributed by atoms with Crippen LogP contribution < -0.4 is 10.0 Å². The zero-order valence-corrected chi connectivity index (χ0v) is 14.4. The first kappa shape index (κ1) is 16.8. The van der Waals surface area contributed by atoms with Crippen LogP contribution in [0.15, 0.2) is 57.9 Å². The fourth-order valence-electron chi connectivity index (χ4n) is 1.82. The van der Waals surface area contributed by atoms with Gasteiger partial charge in [0.25, 0.3) is 10.0 Å². The predicted octanol–water partition coefficient (Wildman–Crippen LogP) is 2.78. The van der Waals surface area contributed by atoms with Crippen LogP contribution in [0.4, 0.5) is 5.69 Å². The zero-order chi connectivity index (χ0) is 16.3. The molecule has 1 amide bonds. The van der Waals surface area contributed by atoms with E-state index in [1.165, 1.54) is 18.2 Å². The van der Waals surface area contributed by atoms with Crippen molar-refractivity contribution in [1.82, 2.24) is 0 Å². The monoisotopic (exact) mass is 402 g/mol. The average Bonchev–Trinajstić information content (AvgIpc) is 2.45. The van der Waals surface area contributed by atoms with Gasteiger partial charge < -0.3 is 5.73 Å². The summed E-state index contributed by atoms with van der Waals surface area (Å²) in [6, 6.07) is 12.3. The molecule has 2 aromatic rings. The SMILES string of the molecule is NC(=O)CN(c1cccc(Cl)c1)S(=O)(=O)c1ccc(Br)cc1.